The van der Waals surface area contributed by atoms with Crippen LogP contribution >= 0.6 is 0 Å². The van der Waals surface area contributed by atoms with Gasteiger partial charge in [0.2, 0.25) is 5.95 Å². The van der Waals surface area contributed by atoms with Crippen LogP contribution in [0.15, 0.2) is 73.1 Å². The average molecular weight is 511 g/mol. The molecule has 0 aliphatic carbocycles. The van der Waals surface area contributed by atoms with Gasteiger partial charge >= 0.3 is 0 Å². The van der Waals surface area contributed by atoms with E-state index in [9.17, 15) is 9.18 Å². The Kier molecular flexibility index (Phi) is 6.30. The summed E-state index contributed by atoms with van der Waals surface area (Å²) in [5.41, 5.74) is 8.95. The molecule has 3 N–H and O–H groups in total. The standard InChI is InChI=1S/C28H27FN8O/c29-22-9-5-8-21-25(22)34-28(30)37-18-23(33-26(21)37)27(38)32-16-19-6-1-2-7-20(19)17-35-12-14-36(15-13-35)24-10-3-4-11-31-24/h1-11,18H,12-17H2,(H2,30,34)(H,32,38). The number of imidazole rings is 1. The monoisotopic (exact) mass is 510 g/mol. The Labute approximate surface area is 218 Å². The number of nitrogens with two attached hydrogens (primary N) is 1. The predicted octanol–water partition coefficient (Wildman–Crippen LogP) is 3.25. The maximum Gasteiger partial charge on any atom is 0.271 e. The Morgan fingerprint density at radius 2 is 1.74 bits per heavy atom. The number of nitrogen functional groups attached to an aromatic ring is 1. The van der Waals surface area contributed by atoms with Crippen molar-refractivity contribution < 1.29 is 9.18 Å². The zero-order valence-corrected chi connectivity index (χ0v) is 20.7. The number of amides is 1. The molecule has 9 nitrogen and oxygen atoms in total. The van der Waals surface area contributed by atoms with E-state index in [1.165, 1.54) is 22.2 Å². The Hall–Kier alpha value is -4.57. The molecule has 1 saturated heterocycles. The molecule has 0 atom stereocenters. The Bertz CT molecular complexity index is 1610. The summed E-state index contributed by atoms with van der Waals surface area (Å²) in [5, 5.41) is 3.47. The highest BCUT2D eigenvalue weighted by molar-refractivity contribution is 5.97. The first kappa shape index (κ1) is 23.8. The summed E-state index contributed by atoms with van der Waals surface area (Å²) in [7, 11) is 0. The van der Waals surface area contributed by atoms with Gasteiger partial charge in [-0.3, -0.25) is 14.1 Å². The first-order valence-corrected chi connectivity index (χ1v) is 12.5. The van der Waals surface area contributed by atoms with E-state index < -0.39 is 5.82 Å². The van der Waals surface area contributed by atoms with Crippen LogP contribution in [0.1, 0.15) is 21.6 Å². The largest absolute Gasteiger partial charge is 0.369 e. The normalized spacial score (nSPS) is 14.3. The van der Waals surface area contributed by atoms with Crippen LogP contribution in [0.2, 0.25) is 0 Å². The van der Waals surface area contributed by atoms with Crippen molar-refractivity contribution >= 4 is 34.2 Å². The lowest BCUT2D eigenvalue weighted by Gasteiger charge is -2.35. The number of benzene rings is 2. The van der Waals surface area contributed by atoms with Crippen LogP contribution in [0.4, 0.5) is 16.2 Å². The number of nitrogens with one attached hydrogen (secondary N) is 1. The maximum atomic E-state index is 14.2. The lowest BCUT2D eigenvalue weighted by Crippen LogP contribution is -2.46. The molecule has 3 aromatic heterocycles. The topological polar surface area (TPSA) is 105 Å². The molecule has 0 radical (unpaired) electrons. The SMILES string of the molecule is Nc1nc2c(F)cccc2c2nc(C(=O)NCc3ccccc3CN3CCN(c4ccccn4)CC3)cn12. The highest BCUT2D eigenvalue weighted by atomic mass is 19.1. The summed E-state index contributed by atoms with van der Waals surface area (Å²) >= 11 is 0. The molecular weight excluding hydrogens is 483 g/mol. The number of nitrogens with zero attached hydrogens (tertiary/aromatic N) is 6. The third-order valence-electron chi connectivity index (χ3n) is 6.94. The highest BCUT2D eigenvalue weighted by Crippen LogP contribution is 2.23. The van der Waals surface area contributed by atoms with E-state index in [1.54, 1.807) is 12.1 Å². The maximum absolute atomic E-state index is 14.2. The van der Waals surface area contributed by atoms with E-state index in [-0.39, 0.29) is 23.1 Å². The number of aromatic nitrogens is 4. The lowest BCUT2D eigenvalue weighted by molar-refractivity contribution is 0.0946. The number of rotatable bonds is 6. The summed E-state index contributed by atoms with van der Waals surface area (Å²) in [5.74, 6) is 0.257. The fourth-order valence-corrected chi connectivity index (χ4v) is 4.90. The van der Waals surface area contributed by atoms with Gasteiger partial charge in [-0.1, -0.05) is 36.4 Å². The first-order valence-electron chi connectivity index (χ1n) is 12.5. The molecule has 38 heavy (non-hydrogen) atoms. The molecular formula is C28H27FN8O. The smallest absolute Gasteiger partial charge is 0.271 e. The summed E-state index contributed by atoms with van der Waals surface area (Å²) < 4.78 is 15.7. The summed E-state index contributed by atoms with van der Waals surface area (Å²) in [6, 6.07) is 18.7. The molecule has 2 aromatic carbocycles. The molecule has 4 heterocycles. The molecule has 10 heteroatoms. The van der Waals surface area contributed by atoms with Crippen molar-refractivity contribution in [2.45, 2.75) is 13.1 Å². The van der Waals surface area contributed by atoms with Gasteiger partial charge in [0, 0.05) is 57.0 Å². The zero-order valence-electron chi connectivity index (χ0n) is 20.7. The number of piperazine rings is 1. The van der Waals surface area contributed by atoms with Crippen molar-refractivity contribution in [1.82, 2.24) is 29.6 Å². The molecule has 1 aliphatic rings. The van der Waals surface area contributed by atoms with Crippen LogP contribution in [0, 0.1) is 5.82 Å². The molecule has 0 unspecified atom stereocenters. The van der Waals surface area contributed by atoms with Crippen LogP contribution in [0.25, 0.3) is 16.6 Å². The van der Waals surface area contributed by atoms with Crippen molar-refractivity contribution in [2.24, 2.45) is 0 Å². The molecule has 1 fully saturated rings. The summed E-state index contributed by atoms with van der Waals surface area (Å²) in [6.45, 7) is 4.86. The number of carbonyl (C=O) groups is 1. The molecule has 0 saturated carbocycles. The number of hydrogen-bond acceptors (Lipinski definition) is 7. The zero-order chi connectivity index (χ0) is 26.1. The van der Waals surface area contributed by atoms with Gasteiger partial charge in [-0.2, -0.15) is 0 Å². The fraction of sp³-hybridized carbons (Fsp3) is 0.214. The van der Waals surface area contributed by atoms with E-state index in [0.717, 1.165) is 44.1 Å². The minimum atomic E-state index is -0.486. The van der Waals surface area contributed by atoms with E-state index in [4.69, 9.17) is 5.73 Å². The first-order chi connectivity index (χ1) is 18.6. The highest BCUT2D eigenvalue weighted by Gasteiger charge is 2.20. The number of anilines is 2. The molecule has 5 aromatic rings. The van der Waals surface area contributed by atoms with Gasteiger partial charge in [-0.15, -0.1) is 0 Å². The molecule has 0 spiro atoms. The van der Waals surface area contributed by atoms with Crippen LogP contribution in [-0.4, -0.2) is 56.3 Å². The van der Waals surface area contributed by atoms with E-state index >= 15 is 0 Å². The third kappa shape index (κ3) is 4.61. The molecule has 0 bridgehead atoms. The minimum Gasteiger partial charge on any atom is -0.369 e. The second kappa shape index (κ2) is 10.1. The molecule has 1 aliphatic heterocycles. The van der Waals surface area contributed by atoms with Gasteiger partial charge in [-0.05, 0) is 35.4 Å². The predicted molar refractivity (Wildman–Crippen MR) is 144 cm³/mol. The van der Waals surface area contributed by atoms with Crippen molar-refractivity contribution in [3.63, 3.8) is 0 Å². The van der Waals surface area contributed by atoms with Gasteiger partial charge in [0.25, 0.3) is 5.91 Å². The number of pyridine rings is 1. The lowest BCUT2D eigenvalue weighted by atomic mass is 10.1. The van der Waals surface area contributed by atoms with Crippen molar-refractivity contribution in [3.05, 3.63) is 95.7 Å². The van der Waals surface area contributed by atoms with Gasteiger partial charge < -0.3 is 16.0 Å². The number of fused-ring (bicyclic) bond motifs is 3. The quantitative estimate of drug-likeness (QED) is 0.361. The second-order valence-corrected chi connectivity index (χ2v) is 9.33. The summed E-state index contributed by atoms with van der Waals surface area (Å²) in [6.07, 6.45) is 3.36. The van der Waals surface area contributed by atoms with Crippen LogP contribution in [-0.2, 0) is 13.1 Å². The van der Waals surface area contributed by atoms with Crippen LogP contribution in [0.3, 0.4) is 0 Å². The van der Waals surface area contributed by atoms with Crippen molar-refractivity contribution in [2.75, 3.05) is 36.8 Å². The molecule has 1 amide bonds. The molecule has 6 rings (SSSR count). The average Bonchev–Trinajstić information content (AvgIpc) is 3.41. The number of para-hydroxylation sites is 1. The number of carbonyl (C=O) groups excluding carboxylic acids is 1. The fourth-order valence-electron chi connectivity index (χ4n) is 4.90. The van der Waals surface area contributed by atoms with E-state index in [0.29, 0.717) is 17.6 Å². The van der Waals surface area contributed by atoms with Gasteiger partial charge in [0.1, 0.15) is 28.5 Å². The van der Waals surface area contributed by atoms with E-state index in [1.807, 2.05) is 42.6 Å². The van der Waals surface area contributed by atoms with Crippen LogP contribution < -0.4 is 16.0 Å². The summed E-state index contributed by atoms with van der Waals surface area (Å²) in [4.78, 5) is 30.8. The number of halogens is 1. The van der Waals surface area contributed by atoms with Crippen LogP contribution in [0.5, 0.6) is 0 Å². The van der Waals surface area contributed by atoms with Crippen molar-refractivity contribution in [3.8, 4) is 0 Å². The Balaban J connectivity index is 1.13. The van der Waals surface area contributed by atoms with Gasteiger partial charge in [0.05, 0.1) is 0 Å². The van der Waals surface area contributed by atoms with Gasteiger partial charge in [-0.25, -0.2) is 19.3 Å². The Morgan fingerprint density at radius 3 is 2.53 bits per heavy atom. The molecule has 192 valence electrons. The van der Waals surface area contributed by atoms with Gasteiger partial charge in [0.15, 0.2) is 0 Å². The second-order valence-electron chi connectivity index (χ2n) is 9.33. The van der Waals surface area contributed by atoms with E-state index in [2.05, 4.69) is 36.1 Å². The minimum absolute atomic E-state index is 0.0673. The Morgan fingerprint density at radius 1 is 0.947 bits per heavy atom. The van der Waals surface area contributed by atoms with Crippen molar-refractivity contribution in [1.29, 1.82) is 0 Å². The third-order valence-corrected chi connectivity index (χ3v) is 6.94. The number of hydrogen-bond donors (Lipinski definition) is 2.